The molecule has 1 aromatic carbocycles. The van der Waals surface area contributed by atoms with Crippen LogP contribution in [0.3, 0.4) is 0 Å². The van der Waals surface area contributed by atoms with Gasteiger partial charge in [-0.3, -0.25) is 0 Å². The minimum absolute atomic E-state index is 0.118. The molecule has 1 N–H and O–H groups in total. The molecule has 0 heterocycles. The number of rotatable bonds is 2. The van der Waals surface area contributed by atoms with Crippen molar-refractivity contribution in [2.45, 2.75) is 4.90 Å². The largest absolute Gasteiger partial charge is 0.239 e. The van der Waals surface area contributed by atoms with Gasteiger partial charge >= 0.3 is 0 Å². The van der Waals surface area contributed by atoms with Crippen LogP contribution in [0.1, 0.15) is 0 Å². The van der Waals surface area contributed by atoms with Gasteiger partial charge in [-0.15, -0.1) is 0 Å². The van der Waals surface area contributed by atoms with Crippen molar-refractivity contribution in [1.82, 2.24) is 4.72 Å². The minimum Gasteiger partial charge on any atom is -0.214 e. The lowest BCUT2D eigenvalue weighted by Gasteiger charge is -2.04. The molecular formula is C7H8BNO2S. The number of benzene rings is 1. The molecule has 3 nitrogen and oxygen atoms in total. The van der Waals surface area contributed by atoms with Crippen molar-refractivity contribution in [1.29, 1.82) is 0 Å². The van der Waals surface area contributed by atoms with Crippen LogP contribution in [-0.4, -0.2) is 23.3 Å². The van der Waals surface area contributed by atoms with Gasteiger partial charge in [0.2, 0.25) is 10.0 Å². The zero-order valence-corrected chi connectivity index (χ0v) is 7.43. The third kappa shape index (κ3) is 1.68. The number of hydrogen-bond donors (Lipinski definition) is 1. The Morgan fingerprint density at radius 1 is 1.33 bits per heavy atom. The van der Waals surface area contributed by atoms with E-state index in [9.17, 15) is 8.42 Å². The smallest absolute Gasteiger partial charge is 0.214 e. The summed E-state index contributed by atoms with van der Waals surface area (Å²) in [6, 6.07) is 6.32. The van der Waals surface area contributed by atoms with Crippen LogP contribution < -0.4 is 10.2 Å². The highest BCUT2D eigenvalue weighted by molar-refractivity contribution is 7.89. The fourth-order valence-corrected chi connectivity index (χ4v) is 1.69. The average molecular weight is 181 g/mol. The maximum atomic E-state index is 11.2. The summed E-state index contributed by atoms with van der Waals surface area (Å²) in [7, 11) is 3.41. The molecule has 2 radical (unpaired) electrons. The van der Waals surface area contributed by atoms with E-state index in [0.717, 1.165) is 0 Å². The maximum absolute atomic E-state index is 11.2. The Kier molecular flexibility index (Phi) is 2.54. The molecule has 0 bridgehead atoms. The van der Waals surface area contributed by atoms with Gasteiger partial charge in [0, 0.05) is 0 Å². The molecule has 5 heteroatoms. The lowest BCUT2D eigenvalue weighted by atomic mass is 9.97. The predicted molar refractivity (Wildman–Crippen MR) is 48.1 cm³/mol. The zero-order chi connectivity index (χ0) is 9.19. The topological polar surface area (TPSA) is 46.2 Å². The van der Waals surface area contributed by atoms with Gasteiger partial charge in [-0.1, -0.05) is 23.7 Å². The molecule has 0 aliphatic carbocycles. The van der Waals surface area contributed by atoms with Crippen LogP contribution in [0, 0.1) is 0 Å². The second-order valence-electron chi connectivity index (χ2n) is 2.25. The number of nitrogens with one attached hydrogen (secondary N) is 1. The predicted octanol–water partition coefficient (Wildman–Crippen LogP) is -0.611. The molecule has 0 aliphatic rings. The van der Waals surface area contributed by atoms with Gasteiger partial charge in [0.15, 0.2) is 0 Å². The molecule has 0 spiro atoms. The van der Waals surface area contributed by atoms with E-state index in [1.807, 2.05) is 0 Å². The second-order valence-corrected chi connectivity index (χ2v) is 4.10. The van der Waals surface area contributed by atoms with Gasteiger partial charge in [-0.2, -0.15) is 0 Å². The maximum Gasteiger partial charge on any atom is 0.239 e. The quantitative estimate of drug-likeness (QED) is 0.618. The molecule has 0 aliphatic heterocycles. The highest BCUT2D eigenvalue weighted by Crippen LogP contribution is 2.02. The first-order valence-electron chi connectivity index (χ1n) is 3.36. The van der Waals surface area contributed by atoms with Crippen LogP contribution >= 0.6 is 0 Å². The van der Waals surface area contributed by atoms with Crippen molar-refractivity contribution < 1.29 is 8.42 Å². The Balaban J connectivity index is 3.30. The molecule has 62 valence electrons. The van der Waals surface area contributed by atoms with E-state index in [-0.39, 0.29) is 10.4 Å². The zero-order valence-electron chi connectivity index (χ0n) is 6.61. The summed E-state index contributed by atoms with van der Waals surface area (Å²) in [4.78, 5) is 0.118. The standard InChI is InChI=1S/C7H8BNO2S/c1-9-12(10,11)7-5-3-2-4-6(7)8/h2-5,9H,1H3. The second kappa shape index (κ2) is 3.29. The summed E-state index contributed by atoms with van der Waals surface area (Å²) in [5.74, 6) is 0. The molecule has 0 amide bonds. The van der Waals surface area contributed by atoms with E-state index in [0.29, 0.717) is 0 Å². The average Bonchev–Trinajstić information content (AvgIpc) is 2.05. The lowest BCUT2D eigenvalue weighted by molar-refractivity contribution is 0.589. The molecular weight excluding hydrogens is 173 g/mol. The van der Waals surface area contributed by atoms with Crippen LogP contribution in [0.25, 0.3) is 0 Å². The van der Waals surface area contributed by atoms with E-state index >= 15 is 0 Å². The van der Waals surface area contributed by atoms with E-state index < -0.39 is 10.0 Å². The van der Waals surface area contributed by atoms with Crippen LogP contribution in [0.15, 0.2) is 29.2 Å². The van der Waals surface area contributed by atoms with Gasteiger partial charge in [-0.05, 0) is 13.1 Å². The van der Waals surface area contributed by atoms with Gasteiger partial charge in [-0.25, -0.2) is 13.1 Å². The molecule has 0 saturated carbocycles. The van der Waals surface area contributed by atoms with Crippen LogP contribution in [-0.2, 0) is 10.0 Å². The summed E-state index contributed by atoms with van der Waals surface area (Å²) in [6.45, 7) is 0. The molecule has 0 saturated heterocycles. The lowest BCUT2D eigenvalue weighted by Crippen LogP contribution is -2.25. The Bertz CT molecular complexity index is 375. The van der Waals surface area contributed by atoms with E-state index in [1.165, 1.54) is 13.1 Å². The highest BCUT2D eigenvalue weighted by atomic mass is 32.2. The van der Waals surface area contributed by atoms with Crippen molar-refractivity contribution >= 4 is 23.3 Å². The van der Waals surface area contributed by atoms with Crippen molar-refractivity contribution in [2.24, 2.45) is 0 Å². The van der Waals surface area contributed by atoms with Crippen LogP contribution in [0.5, 0.6) is 0 Å². The Labute approximate surface area is 73.3 Å². The van der Waals surface area contributed by atoms with Crippen molar-refractivity contribution in [2.75, 3.05) is 7.05 Å². The van der Waals surface area contributed by atoms with Crippen molar-refractivity contribution in [3.05, 3.63) is 24.3 Å². The Hall–Kier alpha value is -0.805. The van der Waals surface area contributed by atoms with Gasteiger partial charge in [0.1, 0.15) is 7.85 Å². The molecule has 0 atom stereocenters. The molecule has 1 rings (SSSR count). The fraction of sp³-hybridized carbons (Fsp3) is 0.143. The van der Waals surface area contributed by atoms with Crippen LogP contribution in [0.2, 0.25) is 0 Å². The highest BCUT2D eigenvalue weighted by Gasteiger charge is 2.11. The van der Waals surface area contributed by atoms with E-state index in [1.54, 1.807) is 18.2 Å². The van der Waals surface area contributed by atoms with E-state index in [4.69, 9.17) is 7.85 Å². The van der Waals surface area contributed by atoms with E-state index in [2.05, 4.69) is 4.72 Å². The first-order valence-corrected chi connectivity index (χ1v) is 4.84. The molecule has 0 fully saturated rings. The molecule has 0 unspecified atom stereocenters. The summed E-state index contributed by atoms with van der Waals surface area (Å²) < 4.78 is 24.7. The summed E-state index contributed by atoms with van der Waals surface area (Å²) >= 11 is 0. The number of sulfonamides is 1. The molecule has 12 heavy (non-hydrogen) atoms. The fourth-order valence-electron chi connectivity index (χ4n) is 0.835. The van der Waals surface area contributed by atoms with Crippen LogP contribution in [0.4, 0.5) is 0 Å². The van der Waals surface area contributed by atoms with Crippen molar-refractivity contribution in [3.8, 4) is 0 Å². The Morgan fingerprint density at radius 2 is 1.92 bits per heavy atom. The SMILES string of the molecule is [B]c1ccccc1S(=O)(=O)NC. The van der Waals surface area contributed by atoms with Gasteiger partial charge in [0.25, 0.3) is 0 Å². The van der Waals surface area contributed by atoms with Gasteiger partial charge < -0.3 is 0 Å². The Morgan fingerprint density at radius 3 is 2.42 bits per heavy atom. The number of hydrogen-bond acceptors (Lipinski definition) is 2. The third-order valence-electron chi connectivity index (χ3n) is 1.48. The normalized spacial score (nSPS) is 11.4. The van der Waals surface area contributed by atoms with Gasteiger partial charge in [0.05, 0.1) is 4.90 Å². The first kappa shape index (κ1) is 9.28. The molecule has 1 aromatic rings. The first-order chi connectivity index (χ1) is 5.58. The summed E-state index contributed by atoms with van der Waals surface area (Å²) in [5.41, 5.74) is 0.256. The summed E-state index contributed by atoms with van der Waals surface area (Å²) in [5, 5.41) is 0. The summed E-state index contributed by atoms with van der Waals surface area (Å²) in [6.07, 6.45) is 0. The monoisotopic (exact) mass is 181 g/mol. The third-order valence-corrected chi connectivity index (χ3v) is 2.97. The van der Waals surface area contributed by atoms with Crippen molar-refractivity contribution in [3.63, 3.8) is 0 Å². The minimum atomic E-state index is -3.40. The molecule has 0 aromatic heterocycles.